The quantitative estimate of drug-likeness (QED) is 0.240. The molecule has 4 aromatic rings. The summed E-state index contributed by atoms with van der Waals surface area (Å²) in [5.41, 5.74) is 0.777. The van der Waals surface area contributed by atoms with Crippen molar-refractivity contribution < 1.29 is 23.5 Å². The number of halogens is 1. The largest absolute Gasteiger partial charge is 0.457 e. The van der Waals surface area contributed by atoms with Crippen LogP contribution in [0.25, 0.3) is 10.2 Å². The summed E-state index contributed by atoms with van der Waals surface area (Å²) in [7, 11) is 0. The first kappa shape index (κ1) is 28.7. The lowest BCUT2D eigenvalue weighted by Gasteiger charge is -2.32. The molecule has 42 heavy (non-hydrogen) atoms. The SMILES string of the molecule is C=CC(=O)N1CCCC(NC(=O)c2sc3nccc4c3c2NC(=O)N4c2ccc(Oc3ccccc3)cc2F)C1.CC. The molecule has 0 saturated carbocycles. The number of urea groups is 1. The second-order valence-electron chi connectivity index (χ2n) is 9.41. The zero-order valence-corrected chi connectivity index (χ0v) is 24.0. The number of aromatic nitrogens is 1. The number of ether oxygens (including phenoxy) is 1. The first-order valence-corrected chi connectivity index (χ1v) is 14.5. The zero-order chi connectivity index (χ0) is 29.8. The van der Waals surface area contributed by atoms with Crippen LogP contribution in [0.4, 0.5) is 26.2 Å². The molecule has 1 unspecified atom stereocenters. The van der Waals surface area contributed by atoms with Crippen LogP contribution in [0.2, 0.25) is 0 Å². The van der Waals surface area contributed by atoms with Crippen LogP contribution in [0.5, 0.6) is 11.5 Å². The Morgan fingerprint density at radius 1 is 1.14 bits per heavy atom. The van der Waals surface area contributed by atoms with Gasteiger partial charge in [0.2, 0.25) is 5.91 Å². The molecule has 11 heteroatoms. The lowest BCUT2D eigenvalue weighted by atomic mass is 10.1. The fourth-order valence-corrected chi connectivity index (χ4v) is 6.04. The summed E-state index contributed by atoms with van der Waals surface area (Å²) in [6, 6.07) is 14.1. The molecule has 6 rings (SSSR count). The Bertz CT molecular complexity index is 1660. The third-order valence-electron chi connectivity index (χ3n) is 6.83. The van der Waals surface area contributed by atoms with Crippen molar-refractivity contribution in [3.05, 3.63) is 84.1 Å². The Hall–Kier alpha value is -4.77. The zero-order valence-electron chi connectivity index (χ0n) is 23.2. The molecule has 0 radical (unpaired) electrons. The molecule has 0 bridgehead atoms. The molecule has 2 aliphatic rings. The maximum Gasteiger partial charge on any atom is 0.331 e. The van der Waals surface area contributed by atoms with E-state index < -0.39 is 11.8 Å². The Labute approximate surface area is 246 Å². The number of piperidine rings is 1. The molecular weight excluding hydrogens is 557 g/mol. The number of anilines is 3. The van der Waals surface area contributed by atoms with Crippen molar-refractivity contribution in [2.45, 2.75) is 32.7 Å². The van der Waals surface area contributed by atoms with Crippen LogP contribution in [0, 0.1) is 5.82 Å². The summed E-state index contributed by atoms with van der Waals surface area (Å²) in [5, 5.41) is 6.32. The van der Waals surface area contributed by atoms with Crippen LogP contribution in [-0.2, 0) is 4.79 Å². The number of pyridine rings is 1. The topological polar surface area (TPSA) is 104 Å². The van der Waals surface area contributed by atoms with E-state index in [1.165, 1.54) is 29.3 Å². The fourth-order valence-electron chi connectivity index (χ4n) is 5.02. The van der Waals surface area contributed by atoms with E-state index in [0.29, 0.717) is 45.3 Å². The maximum absolute atomic E-state index is 15.4. The predicted octanol–water partition coefficient (Wildman–Crippen LogP) is 6.84. The number of hydrogen-bond donors (Lipinski definition) is 2. The minimum Gasteiger partial charge on any atom is -0.457 e. The third kappa shape index (κ3) is 5.55. The van der Waals surface area contributed by atoms with Crippen LogP contribution in [-0.4, -0.2) is 46.9 Å². The summed E-state index contributed by atoms with van der Waals surface area (Å²) < 4.78 is 21.1. The van der Waals surface area contributed by atoms with Gasteiger partial charge in [-0.05, 0) is 49.2 Å². The van der Waals surface area contributed by atoms with Crippen LogP contribution in [0.1, 0.15) is 36.4 Å². The van der Waals surface area contributed by atoms with Crippen LogP contribution >= 0.6 is 11.3 Å². The van der Waals surface area contributed by atoms with Gasteiger partial charge in [0.25, 0.3) is 5.91 Å². The van der Waals surface area contributed by atoms with Crippen LogP contribution < -0.4 is 20.3 Å². The highest BCUT2D eigenvalue weighted by atomic mass is 32.1. The van der Waals surface area contributed by atoms with Gasteiger partial charge in [-0.2, -0.15) is 0 Å². The van der Waals surface area contributed by atoms with E-state index in [1.54, 1.807) is 29.2 Å². The summed E-state index contributed by atoms with van der Waals surface area (Å²) in [6.45, 7) is 8.53. The fraction of sp³-hybridized carbons (Fsp3) is 0.226. The van der Waals surface area contributed by atoms with Crippen molar-refractivity contribution in [1.29, 1.82) is 0 Å². The molecule has 0 aliphatic carbocycles. The second-order valence-corrected chi connectivity index (χ2v) is 10.4. The monoisotopic (exact) mass is 587 g/mol. The van der Waals surface area contributed by atoms with E-state index >= 15 is 4.39 Å². The van der Waals surface area contributed by atoms with E-state index in [2.05, 4.69) is 22.2 Å². The molecule has 9 nitrogen and oxygen atoms in total. The molecule has 2 N–H and O–H groups in total. The number of carbonyl (C=O) groups is 3. The molecule has 1 saturated heterocycles. The van der Waals surface area contributed by atoms with Gasteiger partial charge in [0.15, 0.2) is 5.82 Å². The van der Waals surface area contributed by atoms with Crippen molar-refractivity contribution in [2.24, 2.45) is 0 Å². The van der Waals surface area contributed by atoms with Crippen LogP contribution in [0.3, 0.4) is 0 Å². The van der Waals surface area contributed by atoms with Crippen molar-refractivity contribution in [2.75, 3.05) is 23.3 Å². The molecule has 4 amide bonds. The Morgan fingerprint density at radius 3 is 2.67 bits per heavy atom. The minimum atomic E-state index is -0.652. The highest BCUT2D eigenvalue weighted by Gasteiger charge is 2.34. The van der Waals surface area contributed by atoms with Crippen LogP contribution in [0.15, 0.2) is 73.4 Å². The molecule has 1 fully saturated rings. The van der Waals surface area contributed by atoms with Gasteiger partial charge < -0.3 is 20.3 Å². The van der Waals surface area contributed by atoms with Gasteiger partial charge in [0.05, 0.1) is 22.4 Å². The van der Waals surface area contributed by atoms with E-state index in [4.69, 9.17) is 4.74 Å². The predicted molar refractivity (Wildman–Crippen MR) is 162 cm³/mol. The number of likely N-dealkylation sites (tertiary alicyclic amines) is 1. The summed E-state index contributed by atoms with van der Waals surface area (Å²) >= 11 is 1.14. The Morgan fingerprint density at radius 2 is 1.93 bits per heavy atom. The summed E-state index contributed by atoms with van der Waals surface area (Å²) in [6.07, 6.45) is 4.26. The minimum absolute atomic E-state index is 0.0300. The van der Waals surface area contributed by atoms with E-state index in [-0.39, 0.29) is 29.3 Å². The highest BCUT2D eigenvalue weighted by molar-refractivity contribution is 7.21. The normalized spacial score (nSPS) is 15.8. The van der Waals surface area contributed by atoms with E-state index in [1.807, 2.05) is 32.0 Å². The first-order chi connectivity index (χ1) is 20.4. The van der Waals surface area contributed by atoms with Gasteiger partial charge in [0, 0.05) is 31.4 Å². The van der Waals surface area contributed by atoms with E-state index in [9.17, 15) is 14.4 Å². The van der Waals surface area contributed by atoms with Gasteiger partial charge in [-0.15, -0.1) is 11.3 Å². The van der Waals surface area contributed by atoms with Gasteiger partial charge in [-0.3, -0.25) is 14.5 Å². The van der Waals surface area contributed by atoms with Gasteiger partial charge >= 0.3 is 6.03 Å². The first-order valence-electron chi connectivity index (χ1n) is 13.7. The molecule has 2 aliphatic heterocycles. The molecular formula is C31H30FN5O4S. The molecule has 2 aromatic carbocycles. The lowest BCUT2D eigenvalue weighted by molar-refractivity contribution is -0.127. The number of hydrogen-bond acceptors (Lipinski definition) is 6. The maximum atomic E-state index is 15.4. The standard InChI is InChI=1S/C29H24FN5O4S.C2H6/c1-2-23(36)34-14-6-7-17(16-34)32-27(37)26-25-24-22(12-13-31-28(24)40-26)35(29(38)33-25)21-11-10-19(15-20(21)30)39-18-8-4-3-5-9-18;1-2/h2-5,8-13,15,17H,1,6-7,14,16H2,(H,32,37)(H,33,38);1-2H3. The smallest absolute Gasteiger partial charge is 0.331 e. The second kappa shape index (κ2) is 12.4. The number of rotatable bonds is 6. The third-order valence-corrected chi connectivity index (χ3v) is 7.93. The molecule has 216 valence electrons. The Kier molecular flexibility index (Phi) is 8.48. The van der Waals surface area contributed by atoms with Crippen molar-refractivity contribution in [1.82, 2.24) is 15.2 Å². The lowest BCUT2D eigenvalue weighted by Crippen LogP contribution is -2.49. The highest BCUT2D eigenvalue weighted by Crippen LogP contribution is 2.46. The van der Waals surface area contributed by atoms with Crippen molar-refractivity contribution in [3.8, 4) is 11.5 Å². The number of carbonyl (C=O) groups excluding carboxylic acids is 3. The summed E-state index contributed by atoms with van der Waals surface area (Å²) in [4.78, 5) is 46.9. The molecule has 0 spiro atoms. The van der Waals surface area contributed by atoms with E-state index in [0.717, 1.165) is 24.2 Å². The number of nitrogens with zero attached hydrogens (tertiary/aromatic N) is 3. The molecule has 4 heterocycles. The Balaban J connectivity index is 0.00000173. The summed E-state index contributed by atoms with van der Waals surface area (Å²) in [5.74, 6) is -0.353. The number of amides is 4. The number of benzene rings is 2. The van der Waals surface area contributed by atoms with Gasteiger partial charge in [-0.25, -0.2) is 14.2 Å². The average Bonchev–Trinajstić information content (AvgIpc) is 3.38. The number of nitrogens with one attached hydrogen (secondary N) is 2. The number of thiophene rings is 1. The molecule has 1 atom stereocenters. The van der Waals surface area contributed by atoms with Crippen molar-refractivity contribution in [3.63, 3.8) is 0 Å². The van der Waals surface area contributed by atoms with Crippen molar-refractivity contribution >= 4 is 56.5 Å². The average molecular weight is 588 g/mol. The van der Waals surface area contributed by atoms with Gasteiger partial charge in [0.1, 0.15) is 21.2 Å². The number of para-hydroxylation sites is 1. The van der Waals surface area contributed by atoms with Gasteiger partial charge in [-0.1, -0.05) is 38.6 Å². The molecule has 2 aromatic heterocycles.